The molecule has 2 aromatic heterocycles. The summed E-state index contributed by atoms with van der Waals surface area (Å²) in [6.07, 6.45) is 2.36. The predicted molar refractivity (Wildman–Crippen MR) is 109 cm³/mol. The molecule has 3 fully saturated rings. The van der Waals surface area contributed by atoms with Crippen LogP contribution in [0, 0.1) is 5.82 Å². The molecule has 5 heterocycles. The molecular weight excluding hydrogens is 454 g/mol. The van der Waals surface area contributed by atoms with E-state index in [2.05, 4.69) is 19.9 Å². The zero-order valence-electron chi connectivity index (χ0n) is 17.2. The second-order valence-corrected chi connectivity index (χ2v) is 9.01. The van der Waals surface area contributed by atoms with Crippen LogP contribution in [0.15, 0.2) is 6.20 Å². The summed E-state index contributed by atoms with van der Waals surface area (Å²) in [4.78, 5) is 15.6. The van der Waals surface area contributed by atoms with Crippen LogP contribution in [-0.2, 0) is 4.74 Å². The molecule has 174 valence electrons. The number of pyridine rings is 1. The Bertz CT molecular complexity index is 1030. The van der Waals surface area contributed by atoms with Crippen molar-refractivity contribution >= 4 is 28.3 Å². The van der Waals surface area contributed by atoms with Gasteiger partial charge in [-0.1, -0.05) is 11.6 Å². The van der Waals surface area contributed by atoms with Gasteiger partial charge in [-0.05, 0) is 19.4 Å². The first-order chi connectivity index (χ1) is 15.3. The van der Waals surface area contributed by atoms with Gasteiger partial charge in [-0.3, -0.25) is 4.90 Å². The number of fused-ring (bicyclic) bond motifs is 2. The molecule has 7 nitrogen and oxygen atoms in total. The van der Waals surface area contributed by atoms with Gasteiger partial charge in [0.15, 0.2) is 11.0 Å². The quantitative estimate of drug-likeness (QED) is 0.497. The van der Waals surface area contributed by atoms with Gasteiger partial charge in [0.25, 0.3) is 5.92 Å². The van der Waals surface area contributed by atoms with E-state index >= 15 is 0 Å². The van der Waals surface area contributed by atoms with Gasteiger partial charge < -0.3 is 14.4 Å². The molecule has 0 bridgehead atoms. The van der Waals surface area contributed by atoms with E-state index < -0.39 is 41.8 Å². The number of aromatic nitrogens is 3. The Morgan fingerprint density at radius 1 is 1.28 bits per heavy atom. The van der Waals surface area contributed by atoms with E-state index in [-0.39, 0.29) is 42.5 Å². The van der Waals surface area contributed by atoms with Crippen LogP contribution in [0.1, 0.15) is 19.3 Å². The number of ether oxygens (including phenoxy) is 2. The molecule has 0 saturated carbocycles. The molecule has 12 heteroatoms. The number of hydrogen-bond acceptors (Lipinski definition) is 7. The summed E-state index contributed by atoms with van der Waals surface area (Å²) in [6, 6.07) is -0.175. The third kappa shape index (κ3) is 3.94. The minimum Gasteiger partial charge on any atom is -0.461 e. The zero-order chi connectivity index (χ0) is 22.5. The molecule has 0 radical (unpaired) electrons. The summed E-state index contributed by atoms with van der Waals surface area (Å²) in [5.74, 6) is -3.94. The molecule has 0 aromatic carbocycles. The van der Waals surface area contributed by atoms with Crippen molar-refractivity contribution in [1.82, 2.24) is 19.9 Å². The molecule has 32 heavy (non-hydrogen) atoms. The minimum atomic E-state index is -3.11. The highest BCUT2D eigenvalue weighted by Crippen LogP contribution is 2.40. The van der Waals surface area contributed by atoms with E-state index in [9.17, 15) is 17.6 Å². The average Bonchev–Trinajstić information content (AvgIpc) is 3.19. The van der Waals surface area contributed by atoms with Crippen LogP contribution in [0.2, 0.25) is 5.15 Å². The fourth-order valence-electron chi connectivity index (χ4n) is 4.93. The molecular formula is C20H22ClF4N5O2. The number of hydrogen-bond donors (Lipinski definition) is 0. The maximum atomic E-state index is 14.8. The summed E-state index contributed by atoms with van der Waals surface area (Å²) in [7, 11) is 0. The van der Waals surface area contributed by atoms with Crippen molar-refractivity contribution < 1.29 is 27.0 Å². The Hall–Kier alpha value is -1.98. The maximum absolute atomic E-state index is 14.8. The number of nitrogens with zero attached hydrogens (tertiary/aromatic N) is 5. The van der Waals surface area contributed by atoms with E-state index in [1.54, 1.807) is 0 Å². The fourth-order valence-corrected chi connectivity index (χ4v) is 5.07. The van der Waals surface area contributed by atoms with Gasteiger partial charge in [-0.2, -0.15) is 9.97 Å². The van der Waals surface area contributed by atoms with E-state index in [0.717, 1.165) is 19.4 Å². The van der Waals surface area contributed by atoms with Crippen molar-refractivity contribution in [3.8, 4) is 6.01 Å². The van der Waals surface area contributed by atoms with E-state index in [1.807, 2.05) is 0 Å². The molecule has 0 N–H and O–H groups in total. The lowest BCUT2D eigenvalue weighted by Gasteiger charge is -2.31. The molecule has 3 aliphatic rings. The monoisotopic (exact) mass is 475 g/mol. The highest BCUT2D eigenvalue weighted by Gasteiger charge is 2.49. The lowest BCUT2D eigenvalue weighted by molar-refractivity contribution is -0.0564. The first-order valence-electron chi connectivity index (χ1n) is 10.5. The van der Waals surface area contributed by atoms with Crippen molar-refractivity contribution in [1.29, 1.82) is 0 Å². The second kappa shape index (κ2) is 8.11. The predicted octanol–water partition coefficient (Wildman–Crippen LogP) is 3.24. The Kier molecular flexibility index (Phi) is 5.53. The van der Waals surface area contributed by atoms with Gasteiger partial charge in [0.05, 0.1) is 24.1 Å². The standard InChI is InChI=1S/C20H22ClF4N5O2/c21-16-14(23)15-13(7-26-16)17(29-4-5-31-11-20(24,25)9-29)28-18(27-15)32-10-19-2-1-3-30(19)8-12(22)6-19/h7,12H,1-6,8-11H2/t12-,19+/m1/s1. The molecule has 0 unspecified atom stereocenters. The van der Waals surface area contributed by atoms with Crippen LogP contribution < -0.4 is 9.64 Å². The molecule has 2 aromatic rings. The average molecular weight is 476 g/mol. The summed E-state index contributed by atoms with van der Waals surface area (Å²) in [6.45, 7) is 0.0564. The Morgan fingerprint density at radius 2 is 2.12 bits per heavy atom. The van der Waals surface area contributed by atoms with Crippen LogP contribution in [0.5, 0.6) is 6.01 Å². The third-order valence-electron chi connectivity index (χ3n) is 6.37. The Labute approximate surface area is 186 Å². The number of alkyl halides is 3. The third-order valence-corrected chi connectivity index (χ3v) is 6.64. The first-order valence-corrected chi connectivity index (χ1v) is 10.9. The van der Waals surface area contributed by atoms with E-state index in [1.165, 1.54) is 11.1 Å². The van der Waals surface area contributed by atoms with Crippen LogP contribution in [0.3, 0.4) is 0 Å². The van der Waals surface area contributed by atoms with Crippen molar-refractivity contribution in [2.45, 2.75) is 36.9 Å². The number of rotatable bonds is 4. The smallest absolute Gasteiger partial charge is 0.319 e. The molecule has 5 rings (SSSR count). The van der Waals surface area contributed by atoms with Crippen LogP contribution >= 0.6 is 11.6 Å². The van der Waals surface area contributed by atoms with Crippen LogP contribution in [-0.4, -0.2) is 83.5 Å². The summed E-state index contributed by atoms with van der Waals surface area (Å²) in [5.41, 5.74) is -0.635. The van der Waals surface area contributed by atoms with Gasteiger partial charge >= 0.3 is 6.01 Å². The van der Waals surface area contributed by atoms with Gasteiger partial charge in [0.1, 0.15) is 30.7 Å². The molecule has 3 aliphatic heterocycles. The lowest BCUT2D eigenvalue weighted by Crippen LogP contribution is -2.43. The van der Waals surface area contributed by atoms with Gasteiger partial charge in [0.2, 0.25) is 0 Å². The maximum Gasteiger partial charge on any atom is 0.319 e. The first kappa shape index (κ1) is 21.8. The van der Waals surface area contributed by atoms with E-state index in [0.29, 0.717) is 13.0 Å². The molecule has 0 amide bonds. The number of halogens is 5. The minimum absolute atomic E-state index is 0.0523. The number of anilines is 1. The van der Waals surface area contributed by atoms with Gasteiger partial charge in [0, 0.05) is 25.7 Å². The van der Waals surface area contributed by atoms with Crippen LogP contribution in [0.25, 0.3) is 10.9 Å². The molecule has 0 spiro atoms. The summed E-state index contributed by atoms with van der Waals surface area (Å²) >= 11 is 5.83. The topological polar surface area (TPSA) is 63.6 Å². The Morgan fingerprint density at radius 3 is 2.97 bits per heavy atom. The van der Waals surface area contributed by atoms with Crippen molar-refractivity contribution in [2.24, 2.45) is 0 Å². The fraction of sp³-hybridized carbons (Fsp3) is 0.650. The van der Waals surface area contributed by atoms with E-state index in [4.69, 9.17) is 21.1 Å². The van der Waals surface area contributed by atoms with Crippen molar-refractivity contribution in [2.75, 3.05) is 50.9 Å². The summed E-state index contributed by atoms with van der Waals surface area (Å²) in [5, 5.41) is -0.253. The molecule has 0 aliphatic carbocycles. The highest BCUT2D eigenvalue weighted by molar-refractivity contribution is 6.30. The summed E-state index contributed by atoms with van der Waals surface area (Å²) < 4.78 is 68.1. The Balaban J connectivity index is 1.51. The molecule has 3 saturated heterocycles. The normalized spacial score (nSPS) is 28.2. The van der Waals surface area contributed by atoms with Gasteiger partial charge in [-0.25, -0.2) is 22.5 Å². The van der Waals surface area contributed by atoms with Crippen molar-refractivity contribution in [3.05, 3.63) is 17.2 Å². The second-order valence-electron chi connectivity index (χ2n) is 8.65. The van der Waals surface area contributed by atoms with Crippen molar-refractivity contribution in [3.63, 3.8) is 0 Å². The SMILES string of the molecule is Fc1c(Cl)ncc2c(N3CCOCC(F)(F)C3)nc(OC[C@@]34CCCN3C[C@H](F)C4)nc12. The lowest BCUT2D eigenvalue weighted by atomic mass is 9.95. The van der Waals surface area contributed by atoms with Crippen LogP contribution in [0.4, 0.5) is 23.4 Å². The highest BCUT2D eigenvalue weighted by atomic mass is 35.5. The largest absolute Gasteiger partial charge is 0.461 e. The zero-order valence-corrected chi connectivity index (χ0v) is 17.9. The van der Waals surface area contributed by atoms with Gasteiger partial charge in [-0.15, -0.1) is 0 Å². The molecule has 2 atom stereocenters.